The summed E-state index contributed by atoms with van der Waals surface area (Å²) in [6, 6.07) is 7.33. The number of carbonyl (C=O) groups is 1. The number of ether oxygens (including phenoxy) is 1. The average molecular weight is 347 g/mol. The molecular formula is C17H19ClN4O2. The van der Waals surface area contributed by atoms with Gasteiger partial charge in [0.2, 0.25) is 5.95 Å². The van der Waals surface area contributed by atoms with Crippen LogP contribution in [0.5, 0.6) is 0 Å². The van der Waals surface area contributed by atoms with Gasteiger partial charge in [0.05, 0.1) is 11.7 Å². The maximum Gasteiger partial charge on any atom is 0.254 e. The molecule has 0 radical (unpaired) electrons. The first-order valence-corrected chi connectivity index (χ1v) is 8.28. The normalized spacial score (nSPS) is 16.8. The number of halogens is 1. The molecule has 7 heteroatoms. The number of rotatable bonds is 6. The number of hydrogen-bond donors (Lipinski definition) is 2. The third-order valence-electron chi connectivity index (χ3n) is 3.79. The Labute approximate surface area is 145 Å². The summed E-state index contributed by atoms with van der Waals surface area (Å²) < 4.78 is 5.53. The number of nitrogens with one attached hydrogen (secondary N) is 2. The number of nitrogens with zero attached hydrogens (tertiary/aromatic N) is 2. The van der Waals surface area contributed by atoms with Gasteiger partial charge >= 0.3 is 0 Å². The summed E-state index contributed by atoms with van der Waals surface area (Å²) in [4.78, 5) is 20.4. The Kier molecular flexibility index (Phi) is 5.61. The van der Waals surface area contributed by atoms with E-state index in [0.717, 1.165) is 25.0 Å². The molecule has 6 nitrogen and oxygen atoms in total. The van der Waals surface area contributed by atoms with Crippen molar-refractivity contribution in [2.24, 2.45) is 0 Å². The Bertz CT molecular complexity index is 670. The van der Waals surface area contributed by atoms with E-state index in [4.69, 9.17) is 16.3 Å². The van der Waals surface area contributed by atoms with Crippen LogP contribution >= 0.6 is 11.6 Å². The molecule has 0 aliphatic carbocycles. The van der Waals surface area contributed by atoms with Crippen LogP contribution in [0, 0.1) is 0 Å². The zero-order valence-corrected chi connectivity index (χ0v) is 13.9. The maximum atomic E-state index is 12.1. The first kappa shape index (κ1) is 16.7. The van der Waals surface area contributed by atoms with Crippen molar-refractivity contribution in [3.05, 3.63) is 52.8 Å². The molecule has 1 saturated heterocycles. The molecule has 3 rings (SSSR count). The van der Waals surface area contributed by atoms with Crippen LogP contribution in [-0.4, -0.2) is 35.1 Å². The van der Waals surface area contributed by atoms with Crippen molar-refractivity contribution in [2.45, 2.75) is 25.5 Å². The summed E-state index contributed by atoms with van der Waals surface area (Å²) >= 11 is 5.83. The number of hydrogen-bond acceptors (Lipinski definition) is 5. The zero-order valence-electron chi connectivity index (χ0n) is 13.2. The second kappa shape index (κ2) is 8.08. The van der Waals surface area contributed by atoms with E-state index in [0.29, 0.717) is 29.6 Å². The smallest absolute Gasteiger partial charge is 0.254 e. The van der Waals surface area contributed by atoms with Crippen molar-refractivity contribution in [2.75, 3.05) is 18.5 Å². The maximum absolute atomic E-state index is 12.1. The van der Waals surface area contributed by atoms with E-state index < -0.39 is 0 Å². The quantitative estimate of drug-likeness (QED) is 0.841. The first-order valence-electron chi connectivity index (χ1n) is 7.91. The summed E-state index contributed by atoms with van der Waals surface area (Å²) in [5.74, 6) is 0.287. The number of benzene rings is 1. The van der Waals surface area contributed by atoms with Crippen LogP contribution in [-0.2, 0) is 11.3 Å². The standard InChI is InChI=1S/C17H19ClN4O2/c18-14-5-3-12(4-6-14)8-19-16(23)13-9-20-17(21-10-13)22-11-15-2-1-7-24-15/h3-6,9-10,15H,1-2,7-8,11H2,(H,19,23)(H,20,21,22). The summed E-state index contributed by atoms with van der Waals surface area (Å²) in [5, 5.41) is 6.62. The molecule has 1 aliphatic heterocycles. The van der Waals surface area contributed by atoms with Crippen molar-refractivity contribution in [3.63, 3.8) is 0 Å². The van der Waals surface area contributed by atoms with E-state index in [9.17, 15) is 4.79 Å². The van der Waals surface area contributed by atoms with Crippen molar-refractivity contribution in [3.8, 4) is 0 Å². The number of amides is 1. The lowest BCUT2D eigenvalue weighted by molar-refractivity contribution is 0.0950. The van der Waals surface area contributed by atoms with Gasteiger partial charge in [-0.05, 0) is 30.5 Å². The summed E-state index contributed by atoms with van der Waals surface area (Å²) in [7, 11) is 0. The Hall–Kier alpha value is -2.18. The third kappa shape index (κ3) is 4.66. The fourth-order valence-corrected chi connectivity index (χ4v) is 2.56. The molecule has 1 aliphatic rings. The van der Waals surface area contributed by atoms with Crippen LogP contribution < -0.4 is 10.6 Å². The fourth-order valence-electron chi connectivity index (χ4n) is 2.43. The lowest BCUT2D eigenvalue weighted by Crippen LogP contribution is -2.23. The SMILES string of the molecule is O=C(NCc1ccc(Cl)cc1)c1cnc(NCC2CCCO2)nc1. The molecule has 126 valence electrons. The van der Waals surface area contributed by atoms with Gasteiger partial charge < -0.3 is 15.4 Å². The van der Waals surface area contributed by atoms with Gasteiger partial charge in [-0.1, -0.05) is 23.7 Å². The van der Waals surface area contributed by atoms with Gasteiger partial charge in [0.1, 0.15) is 0 Å². The Morgan fingerprint density at radius 1 is 1.25 bits per heavy atom. The Balaban J connectivity index is 1.48. The predicted molar refractivity (Wildman–Crippen MR) is 92.1 cm³/mol. The van der Waals surface area contributed by atoms with Crippen LogP contribution in [0.3, 0.4) is 0 Å². The molecule has 2 aromatic rings. The zero-order chi connectivity index (χ0) is 16.8. The van der Waals surface area contributed by atoms with E-state index in [1.165, 1.54) is 12.4 Å². The minimum absolute atomic E-state index is 0.212. The molecule has 0 bridgehead atoms. The highest BCUT2D eigenvalue weighted by atomic mass is 35.5. The van der Waals surface area contributed by atoms with E-state index in [-0.39, 0.29) is 12.0 Å². The highest BCUT2D eigenvalue weighted by molar-refractivity contribution is 6.30. The molecule has 1 unspecified atom stereocenters. The third-order valence-corrected chi connectivity index (χ3v) is 4.04. The molecular weight excluding hydrogens is 328 g/mol. The van der Waals surface area contributed by atoms with Crippen LogP contribution in [0.1, 0.15) is 28.8 Å². The molecule has 1 aromatic heterocycles. The van der Waals surface area contributed by atoms with Gasteiger partial charge in [-0.25, -0.2) is 9.97 Å². The Morgan fingerprint density at radius 2 is 2.00 bits per heavy atom. The Morgan fingerprint density at radius 3 is 2.67 bits per heavy atom. The minimum Gasteiger partial charge on any atom is -0.376 e. The number of carbonyl (C=O) groups excluding carboxylic acids is 1. The second-order valence-electron chi connectivity index (χ2n) is 5.62. The molecule has 1 fully saturated rings. The lowest BCUT2D eigenvalue weighted by atomic mass is 10.2. The van der Waals surface area contributed by atoms with Crippen molar-refractivity contribution >= 4 is 23.5 Å². The van der Waals surface area contributed by atoms with E-state index >= 15 is 0 Å². The monoisotopic (exact) mass is 346 g/mol. The van der Waals surface area contributed by atoms with Crippen molar-refractivity contribution < 1.29 is 9.53 Å². The van der Waals surface area contributed by atoms with Gasteiger partial charge in [-0.3, -0.25) is 4.79 Å². The second-order valence-corrected chi connectivity index (χ2v) is 6.06. The van der Waals surface area contributed by atoms with Crippen LogP contribution in [0.15, 0.2) is 36.7 Å². The molecule has 0 spiro atoms. The highest BCUT2D eigenvalue weighted by Crippen LogP contribution is 2.12. The van der Waals surface area contributed by atoms with Crippen molar-refractivity contribution in [1.82, 2.24) is 15.3 Å². The number of anilines is 1. The van der Waals surface area contributed by atoms with E-state index in [2.05, 4.69) is 20.6 Å². The van der Waals surface area contributed by atoms with Gasteiger partial charge in [0.15, 0.2) is 0 Å². The van der Waals surface area contributed by atoms with Crippen LogP contribution in [0.2, 0.25) is 5.02 Å². The van der Waals surface area contributed by atoms with Crippen LogP contribution in [0.4, 0.5) is 5.95 Å². The molecule has 2 heterocycles. The fraction of sp³-hybridized carbons (Fsp3) is 0.353. The summed E-state index contributed by atoms with van der Waals surface area (Å²) in [6.07, 6.45) is 5.40. The molecule has 1 aromatic carbocycles. The van der Waals surface area contributed by atoms with Gasteiger partial charge in [0, 0.05) is 37.1 Å². The predicted octanol–water partition coefficient (Wildman–Crippen LogP) is 2.65. The molecule has 1 atom stereocenters. The van der Waals surface area contributed by atoms with Crippen molar-refractivity contribution in [1.29, 1.82) is 0 Å². The van der Waals surface area contributed by atoms with E-state index in [1.54, 1.807) is 12.1 Å². The summed E-state index contributed by atoms with van der Waals surface area (Å²) in [5.41, 5.74) is 1.40. The van der Waals surface area contributed by atoms with Gasteiger partial charge in [-0.2, -0.15) is 0 Å². The summed E-state index contributed by atoms with van der Waals surface area (Å²) in [6.45, 7) is 1.93. The largest absolute Gasteiger partial charge is 0.376 e. The highest BCUT2D eigenvalue weighted by Gasteiger charge is 2.15. The molecule has 0 saturated carbocycles. The topological polar surface area (TPSA) is 76.1 Å². The molecule has 1 amide bonds. The first-order chi connectivity index (χ1) is 11.7. The van der Waals surface area contributed by atoms with Gasteiger partial charge in [-0.15, -0.1) is 0 Å². The molecule has 2 N–H and O–H groups in total. The minimum atomic E-state index is -0.212. The average Bonchev–Trinajstić information content (AvgIpc) is 3.13. The van der Waals surface area contributed by atoms with E-state index in [1.807, 2.05) is 12.1 Å². The molecule has 24 heavy (non-hydrogen) atoms. The van der Waals surface area contributed by atoms with Gasteiger partial charge in [0.25, 0.3) is 5.91 Å². The lowest BCUT2D eigenvalue weighted by Gasteiger charge is -2.10. The van der Waals surface area contributed by atoms with Crippen LogP contribution in [0.25, 0.3) is 0 Å². The number of aromatic nitrogens is 2.